The molecule has 1 heterocycles. The summed E-state index contributed by atoms with van der Waals surface area (Å²) in [7, 11) is 0. The molecule has 2 aliphatic carbocycles. The molecule has 0 aromatic rings. The van der Waals surface area contributed by atoms with Crippen LogP contribution in [0.3, 0.4) is 0 Å². The van der Waals surface area contributed by atoms with Crippen LogP contribution in [0.2, 0.25) is 0 Å². The number of ketones is 1. The van der Waals surface area contributed by atoms with Crippen LogP contribution in [0, 0.1) is 23.7 Å². The van der Waals surface area contributed by atoms with E-state index in [-0.39, 0.29) is 61.0 Å². The number of carbonyl (C=O) groups is 2. The number of alkyl halides is 3. The van der Waals surface area contributed by atoms with Crippen LogP contribution in [0.15, 0.2) is 23.4 Å². The van der Waals surface area contributed by atoms with Crippen LogP contribution in [-0.4, -0.2) is 40.0 Å². The number of allylic oxidation sites excluding steroid dienone is 3. The third-order valence-corrected chi connectivity index (χ3v) is 6.40. The molecule has 7 heteroatoms. The van der Waals surface area contributed by atoms with Gasteiger partial charge in [-0.2, -0.15) is 13.2 Å². The van der Waals surface area contributed by atoms with Gasteiger partial charge in [0, 0.05) is 12.2 Å². The Labute approximate surface area is 163 Å². The third kappa shape index (κ3) is 3.65. The summed E-state index contributed by atoms with van der Waals surface area (Å²) in [4.78, 5) is 27.0. The molecule has 28 heavy (non-hydrogen) atoms. The first kappa shape index (κ1) is 21.1. The number of halogens is 3. The molecular weight excluding hydrogens is 371 g/mol. The highest BCUT2D eigenvalue weighted by molar-refractivity contribution is 6.00. The van der Waals surface area contributed by atoms with E-state index >= 15 is 0 Å². The molecule has 156 valence electrons. The molecule has 1 fully saturated rings. The smallest absolute Gasteiger partial charge is 0.380 e. The van der Waals surface area contributed by atoms with Gasteiger partial charge >= 0.3 is 6.18 Å². The van der Waals surface area contributed by atoms with E-state index in [1.807, 2.05) is 20.8 Å². The lowest BCUT2D eigenvalue weighted by molar-refractivity contribution is -0.272. The second-order valence-electron chi connectivity index (χ2n) is 8.90. The van der Waals surface area contributed by atoms with Gasteiger partial charge in [-0.1, -0.05) is 19.9 Å². The quantitative estimate of drug-likeness (QED) is 0.777. The molecule has 0 saturated heterocycles. The lowest BCUT2D eigenvalue weighted by atomic mass is 9.78. The first-order chi connectivity index (χ1) is 12.9. The minimum absolute atomic E-state index is 0.0190. The Morgan fingerprint density at radius 2 is 1.82 bits per heavy atom. The van der Waals surface area contributed by atoms with Crippen molar-refractivity contribution < 1.29 is 27.9 Å². The average Bonchev–Trinajstić information content (AvgIpc) is 2.83. The fraction of sp³-hybridized carbons (Fsp3) is 0.714. The number of aliphatic hydroxyl groups is 1. The van der Waals surface area contributed by atoms with Crippen molar-refractivity contribution in [2.75, 3.05) is 6.54 Å². The summed E-state index contributed by atoms with van der Waals surface area (Å²) in [5.41, 5.74) is -1.02. The Kier molecular flexibility index (Phi) is 5.51. The molecule has 1 N–H and O–H groups in total. The number of rotatable bonds is 4. The van der Waals surface area contributed by atoms with Gasteiger partial charge < -0.3 is 10.0 Å². The number of carbonyl (C=O) groups excluding carboxylic acids is 2. The van der Waals surface area contributed by atoms with E-state index in [9.17, 15) is 27.9 Å². The molecule has 0 aromatic heterocycles. The normalized spacial score (nSPS) is 33.9. The number of hydrogen-bond donors (Lipinski definition) is 1. The molecule has 0 aromatic carbocycles. The van der Waals surface area contributed by atoms with Crippen molar-refractivity contribution in [1.29, 1.82) is 0 Å². The van der Waals surface area contributed by atoms with Gasteiger partial charge in [-0.3, -0.25) is 9.59 Å². The molecule has 1 saturated carbocycles. The van der Waals surface area contributed by atoms with Gasteiger partial charge in [-0.05, 0) is 62.5 Å². The Hall–Kier alpha value is -1.63. The number of nitrogens with zero attached hydrogens (tertiary/aromatic N) is 1. The van der Waals surface area contributed by atoms with Gasteiger partial charge in [0.25, 0.3) is 0 Å². The van der Waals surface area contributed by atoms with Gasteiger partial charge in [0.15, 0.2) is 11.4 Å². The summed E-state index contributed by atoms with van der Waals surface area (Å²) in [6, 6.07) is 0. The molecule has 0 bridgehead atoms. The number of amides is 1. The van der Waals surface area contributed by atoms with Crippen LogP contribution in [0.4, 0.5) is 13.2 Å². The maximum Gasteiger partial charge on any atom is 0.417 e. The van der Waals surface area contributed by atoms with Crippen molar-refractivity contribution in [3.8, 4) is 0 Å². The molecule has 0 radical (unpaired) electrons. The largest absolute Gasteiger partial charge is 0.417 e. The summed E-state index contributed by atoms with van der Waals surface area (Å²) in [5, 5.41) is 9.88. The summed E-state index contributed by atoms with van der Waals surface area (Å²) in [5.74, 6) is -0.664. The van der Waals surface area contributed by atoms with E-state index in [1.54, 1.807) is 17.1 Å². The Balaban J connectivity index is 1.78. The van der Waals surface area contributed by atoms with E-state index in [4.69, 9.17) is 0 Å². The molecule has 4 nitrogen and oxygen atoms in total. The van der Waals surface area contributed by atoms with Gasteiger partial charge in [0.05, 0.1) is 11.8 Å². The highest BCUT2D eigenvalue weighted by atomic mass is 19.4. The predicted molar refractivity (Wildman–Crippen MR) is 98.0 cm³/mol. The van der Waals surface area contributed by atoms with E-state index in [2.05, 4.69) is 0 Å². The van der Waals surface area contributed by atoms with E-state index in [0.717, 1.165) is 11.3 Å². The van der Waals surface area contributed by atoms with Crippen LogP contribution < -0.4 is 0 Å². The molecule has 3 aliphatic rings. The van der Waals surface area contributed by atoms with Crippen molar-refractivity contribution in [2.45, 2.75) is 64.7 Å². The van der Waals surface area contributed by atoms with E-state index in [0.29, 0.717) is 13.0 Å². The monoisotopic (exact) mass is 399 g/mol. The Morgan fingerprint density at radius 1 is 1.21 bits per heavy atom. The van der Waals surface area contributed by atoms with Crippen molar-refractivity contribution in [1.82, 2.24) is 4.90 Å². The van der Waals surface area contributed by atoms with Crippen molar-refractivity contribution in [3.05, 3.63) is 23.4 Å². The number of hydrogen-bond acceptors (Lipinski definition) is 3. The summed E-state index contributed by atoms with van der Waals surface area (Å²) in [6.45, 7) is 6.17. The zero-order valence-electron chi connectivity index (χ0n) is 16.6. The topological polar surface area (TPSA) is 57.6 Å². The minimum atomic E-state index is -4.63. The highest BCUT2D eigenvalue weighted by Crippen LogP contribution is 2.45. The van der Waals surface area contributed by atoms with Crippen LogP contribution in [0.1, 0.15) is 52.9 Å². The summed E-state index contributed by atoms with van der Waals surface area (Å²) >= 11 is 0. The van der Waals surface area contributed by atoms with Crippen LogP contribution in [0.25, 0.3) is 0 Å². The Bertz CT molecular complexity index is 715. The van der Waals surface area contributed by atoms with Gasteiger partial charge in [0.2, 0.25) is 5.91 Å². The third-order valence-electron chi connectivity index (χ3n) is 6.40. The van der Waals surface area contributed by atoms with Crippen LogP contribution >= 0.6 is 0 Å². The maximum atomic E-state index is 13.0. The van der Waals surface area contributed by atoms with Crippen LogP contribution in [0.5, 0.6) is 0 Å². The summed E-state index contributed by atoms with van der Waals surface area (Å²) < 4.78 is 39.1. The van der Waals surface area contributed by atoms with Crippen molar-refractivity contribution in [3.63, 3.8) is 0 Å². The molecule has 2 unspecified atom stereocenters. The van der Waals surface area contributed by atoms with E-state index < -0.39 is 11.8 Å². The zero-order valence-corrected chi connectivity index (χ0v) is 16.6. The standard InChI is InChI=1S/C21H28F3NO3/c1-12(2)10-16-17(26)5-4-15-13(3)19(27)25(18(15)16)11-14-6-8-20(28,9-7-14)21(22,23)24/h4-5,12-14,16,28H,6-11H2,1-3H3. The van der Waals surface area contributed by atoms with Gasteiger partial charge in [-0.25, -0.2) is 0 Å². The van der Waals surface area contributed by atoms with E-state index in [1.165, 1.54) is 0 Å². The molecule has 1 aliphatic heterocycles. The predicted octanol–water partition coefficient (Wildman–Crippen LogP) is 4.00. The van der Waals surface area contributed by atoms with Gasteiger partial charge in [-0.15, -0.1) is 0 Å². The van der Waals surface area contributed by atoms with Crippen LogP contribution in [-0.2, 0) is 9.59 Å². The SMILES string of the molecule is CC(C)CC1C(=O)C=CC2=C1N(CC1CCC(O)(C(F)(F)F)CC1)C(=O)C2C. The average molecular weight is 399 g/mol. The fourth-order valence-electron chi connectivity index (χ4n) is 4.67. The lowest BCUT2D eigenvalue weighted by Crippen LogP contribution is -2.49. The second-order valence-corrected chi connectivity index (χ2v) is 8.90. The summed E-state index contributed by atoms with van der Waals surface area (Å²) in [6.07, 6.45) is -1.02. The zero-order chi connectivity index (χ0) is 20.9. The molecule has 3 rings (SSSR count). The lowest BCUT2D eigenvalue weighted by Gasteiger charge is -2.39. The molecule has 0 spiro atoms. The molecule has 2 atom stereocenters. The fourth-order valence-corrected chi connectivity index (χ4v) is 4.67. The Morgan fingerprint density at radius 3 is 2.36 bits per heavy atom. The second kappa shape index (κ2) is 7.32. The molecular formula is C21H28F3NO3. The first-order valence-electron chi connectivity index (χ1n) is 10.0. The maximum absolute atomic E-state index is 13.0. The highest BCUT2D eigenvalue weighted by Gasteiger charge is 2.55. The molecule has 1 amide bonds. The van der Waals surface area contributed by atoms with Crippen molar-refractivity contribution >= 4 is 11.7 Å². The minimum Gasteiger partial charge on any atom is -0.380 e. The van der Waals surface area contributed by atoms with Crippen molar-refractivity contribution in [2.24, 2.45) is 23.7 Å². The first-order valence-corrected chi connectivity index (χ1v) is 10.0. The van der Waals surface area contributed by atoms with Gasteiger partial charge in [0.1, 0.15) is 0 Å².